The lowest BCUT2D eigenvalue weighted by Crippen LogP contribution is -2.12. The molecule has 7 heteroatoms. The number of pyridine rings is 1. The van der Waals surface area contributed by atoms with Crippen LogP contribution in [0.15, 0.2) is 97.3 Å². The third-order valence-corrected chi connectivity index (χ3v) is 5.30. The van der Waals surface area contributed by atoms with Gasteiger partial charge in [-0.2, -0.15) is 0 Å². The van der Waals surface area contributed by atoms with Gasteiger partial charge in [0, 0.05) is 33.4 Å². The molecule has 2 N–H and O–H groups in total. The maximum Gasteiger partial charge on any atom is 0.255 e. The van der Waals surface area contributed by atoms with Crippen molar-refractivity contribution < 1.29 is 4.79 Å². The minimum absolute atomic E-state index is 0.209. The van der Waals surface area contributed by atoms with Crippen molar-refractivity contribution in [3.8, 4) is 11.3 Å². The molecule has 0 aliphatic rings. The highest BCUT2D eigenvalue weighted by atomic mass is 35.5. The Morgan fingerprint density at radius 1 is 0.818 bits per heavy atom. The minimum Gasteiger partial charge on any atom is -0.324 e. The van der Waals surface area contributed by atoms with Crippen molar-refractivity contribution in [1.82, 2.24) is 15.0 Å². The fourth-order valence-corrected chi connectivity index (χ4v) is 3.50. The highest BCUT2D eigenvalue weighted by Crippen LogP contribution is 2.22. The van der Waals surface area contributed by atoms with Crippen molar-refractivity contribution in [3.05, 3.63) is 108 Å². The number of nitrogens with one attached hydrogen (secondary N) is 2. The average molecular weight is 452 g/mol. The number of nitrogens with zero attached hydrogens (tertiary/aromatic N) is 3. The third-order valence-electron chi connectivity index (χ3n) is 5.05. The summed E-state index contributed by atoms with van der Waals surface area (Å²) in [5.74, 6) is 0.251. The van der Waals surface area contributed by atoms with E-state index >= 15 is 0 Å². The molecule has 0 aliphatic carbocycles. The molecule has 2 aromatic heterocycles. The van der Waals surface area contributed by atoms with Crippen LogP contribution in [0.2, 0.25) is 5.02 Å². The van der Waals surface area contributed by atoms with Crippen LogP contribution in [-0.2, 0) is 0 Å². The first-order valence-corrected chi connectivity index (χ1v) is 10.6. The highest BCUT2D eigenvalue weighted by molar-refractivity contribution is 6.30. The Morgan fingerprint density at radius 3 is 2.42 bits per heavy atom. The zero-order valence-corrected chi connectivity index (χ0v) is 18.1. The molecular formula is C26H18ClN5O. The van der Waals surface area contributed by atoms with Crippen LogP contribution in [0.3, 0.4) is 0 Å². The van der Waals surface area contributed by atoms with E-state index in [1.54, 1.807) is 24.5 Å². The van der Waals surface area contributed by atoms with Gasteiger partial charge in [0.1, 0.15) is 0 Å². The Bertz CT molecular complexity index is 1440. The van der Waals surface area contributed by atoms with Crippen LogP contribution in [0.4, 0.5) is 17.3 Å². The van der Waals surface area contributed by atoms with E-state index in [1.165, 1.54) is 0 Å². The standard InChI is InChI=1S/C26H18ClN5O/c27-20-9-5-17(6-10-20)24-13-14-28-26(32-24)31-21-11-7-18(8-12-21)25(33)30-22-15-19-3-1-2-4-23(19)29-16-22/h1-16H,(H,30,33)(H,28,31,32). The summed E-state index contributed by atoms with van der Waals surface area (Å²) in [7, 11) is 0. The lowest BCUT2D eigenvalue weighted by atomic mass is 10.1. The summed E-state index contributed by atoms with van der Waals surface area (Å²) in [6.45, 7) is 0. The van der Waals surface area contributed by atoms with Crippen molar-refractivity contribution >= 4 is 45.7 Å². The van der Waals surface area contributed by atoms with E-state index in [2.05, 4.69) is 25.6 Å². The van der Waals surface area contributed by atoms with Gasteiger partial charge < -0.3 is 10.6 Å². The monoisotopic (exact) mass is 451 g/mol. The molecule has 0 bridgehead atoms. The second-order valence-electron chi connectivity index (χ2n) is 7.35. The first kappa shape index (κ1) is 20.6. The SMILES string of the molecule is O=C(Nc1cnc2ccccc2c1)c1ccc(Nc2nccc(-c3ccc(Cl)cc3)n2)cc1. The molecule has 33 heavy (non-hydrogen) atoms. The predicted octanol–water partition coefficient (Wildman–Crippen LogP) is 6.34. The summed E-state index contributed by atoms with van der Waals surface area (Å²) < 4.78 is 0. The molecule has 5 aromatic rings. The molecule has 6 nitrogen and oxygen atoms in total. The van der Waals surface area contributed by atoms with E-state index in [4.69, 9.17) is 11.6 Å². The van der Waals surface area contributed by atoms with Crippen LogP contribution in [0.1, 0.15) is 10.4 Å². The van der Waals surface area contributed by atoms with E-state index in [9.17, 15) is 4.79 Å². The third kappa shape index (κ3) is 4.81. The lowest BCUT2D eigenvalue weighted by molar-refractivity contribution is 0.102. The van der Waals surface area contributed by atoms with Crippen LogP contribution in [-0.4, -0.2) is 20.9 Å². The number of aromatic nitrogens is 3. The molecule has 1 amide bonds. The van der Waals surface area contributed by atoms with Crippen molar-refractivity contribution in [2.45, 2.75) is 0 Å². The van der Waals surface area contributed by atoms with Crippen molar-refractivity contribution in [3.63, 3.8) is 0 Å². The number of carbonyl (C=O) groups is 1. The molecule has 3 aromatic carbocycles. The van der Waals surface area contributed by atoms with Crippen molar-refractivity contribution in [2.24, 2.45) is 0 Å². The molecule has 0 saturated carbocycles. The van der Waals surface area contributed by atoms with Crippen LogP contribution >= 0.6 is 11.6 Å². The van der Waals surface area contributed by atoms with Gasteiger partial charge in [0.2, 0.25) is 5.95 Å². The summed E-state index contributed by atoms with van der Waals surface area (Å²) >= 11 is 5.96. The molecular weight excluding hydrogens is 434 g/mol. The molecule has 2 heterocycles. The number of anilines is 3. The number of carbonyl (C=O) groups excluding carboxylic acids is 1. The Morgan fingerprint density at radius 2 is 1.61 bits per heavy atom. The predicted molar refractivity (Wildman–Crippen MR) is 132 cm³/mol. The second-order valence-corrected chi connectivity index (χ2v) is 7.78. The van der Waals surface area contributed by atoms with E-state index in [0.717, 1.165) is 27.8 Å². The van der Waals surface area contributed by atoms with Crippen molar-refractivity contribution in [1.29, 1.82) is 0 Å². The fourth-order valence-electron chi connectivity index (χ4n) is 3.38. The topological polar surface area (TPSA) is 79.8 Å². The maximum absolute atomic E-state index is 12.7. The number of fused-ring (bicyclic) bond motifs is 1. The number of amides is 1. The quantitative estimate of drug-likeness (QED) is 0.326. The normalized spacial score (nSPS) is 10.7. The molecule has 0 spiro atoms. The summed E-state index contributed by atoms with van der Waals surface area (Å²) in [6, 6.07) is 26.1. The Balaban J connectivity index is 1.28. The summed E-state index contributed by atoms with van der Waals surface area (Å²) in [4.78, 5) is 25.9. The van der Waals surface area contributed by atoms with Crippen LogP contribution in [0.25, 0.3) is 22.2 Å². The molecule has 5 rings (SSSR count). The van der Waals surface area contributed by atoms with E-state index in [-0.39, 0.29) is 5.91 Å². The van der Waals surface area contributed by atoms with Gasteiger partial charge in [-0.3, -0.25) is 9.78 Å². The van der Waals surface area contributed by atoms with Gasteiger partial charge in [-0.15, -0.1) is 0 Å². The molecule has 0 fully saturated rings. The number of rotatable bonds is 5. The average Bonchev–Trinajstić information content (AvgIpc) is 2.85. The summed E-state index contributed by atoms with van der Waals surface area (Å²) in [6.07, 6.45) is 3.35. The fraction of sp³-hybridized carbons (Fsp3) is 0. The van der Waals surface area contributed by atoms with Crippen LogP contribution < -0.4 is 10.6 Å². The Hall–Kier alpha value is -4.29. The maximum atomic E-state index is 12.7. The zero-order chi connectivity index (χ0) is 22.6. The molecule has 0 saturated heterocycles. The summed E-state index contributed by atoms with van der Waals surface area (Å²) in [5, 5.41) is 7.71. The van der Waals surface area contributed by atoms with Crippen LogP contribution in [0, 0.1) is 0 Å². The van der Waals surface area contributed by atoms with Gasteiger partial charge in [0.05, 0.1) is 23.1 Å². The van der Waals surface area contributed by atoms with Gasteiger partial charge in [0.25, 0.3) is 5.91 Å². The number of hydrogen-bond donors (Lipinski definition) is 2. The largest absolute Gasteiger partial charge is 0.324 e. The van der Waals surface area contributed by atoms with Gasteiger partial charge in [-0.1, -0.05) is 41.9 Å². The highest BCUT2D eigenvalue weighted by Gasteiger charge is 2.08. The minimum atomic E-state index is -0.209. The first-order chi connectivity index (χ1) is 16.1. The second kappa shape index (κ2) is 9.06. The molecule has 0 aliphatic heterocycles. The lowest BCUT2D eigenvalue weighted by Gasteiger charge is -2.09. The Kier molecular flexibility index (Phi) is 5.66. The number of hydrogen-bond acceptors (Lipinski definition) is 5. The number of halogens is 1. The molecule has 0 atom stereocenters. The van der Waals surface area contributed by atoms with E-state index in [0.29, 0.717) is 22.2 Å². The van der Waals surface area contributed by atoms with Gasteiger partial charge in [-0.25, -0.2) is 9.97 Å². The molecule has 160 valence electrons. The Labute approximate surface area is 195 Å². The van der Waals surface area contributed by atoms with Gasteiger partial charge in [0.15, 0.2) is 0 Å². The molecule has 0 radical (unpaired) electrons. The zero-order valence-electron chi connectivity index (χ0n) is 17.4. The van der Waals surface area contributed by atoms with E-state index < -0.39 is 0 Å². The van der Waals surface area contributed by atoms with Crippen molar-refractivity contribution in [2.75, 3.05) is 10.6 Å². The number of benzene rings is 3. The smallest absolute Gasteiger partial charge is 0.255 e. The molecule has 0 unspecified atom stereocenters. The first-order valence-electron chi connectivity index (χ1n) is 10.3. The van der Waals surface area contributed by atoms with Gasteiger partial charge >= 0.3 is 0 Å². The van der Waals surface area contributed by atoms with Gasteiger partial charge in [-0.05, 0) is 54.6 Å². The summed E-state index contributed by atoms with van der Waals surface area (Å²) in [5.41, 5.74) is 4.56. The number of para-hydroxylation sites is 1. The van der Waals surface area contributed by atoms with E-state index in [1.807, 2.05) is 72.8 Å². The van der Waals surface area contributed by atoms with Crippen LogP contribution in [0.5, 0.6) is 0 Å².